The maximum absolute atomic E-state index is 12.2. The Morgan fingerprint density at radius 1 is 1.36 bits per heavy atom. The molecule has 2 aliphatic rings. The van der Waals surface area contributed by atoms with Crippen LogP contribution >= 0.6 is 0 Å². The van der Waals surface area contributed by atoms with Crippen LogP contribution in [0.2, 0.25) is 0 Å². The smallest absolute Gasteiger partial charge is 0.221 e. The van der Waals surface area contributed by atoms with Crippen LogP contribution < -0.4 is 15.5 Å². The average Bonchev–Trinajstić information content (AvgIpc) is 2.57. The number of nitrogens with zero attached hydrogens (tertiary/aromatic N) is 1. The number of amides is 1. The van der Waals surface area contributed by atoms with Gasteiger partial charge in [0.05, 0.1) is 13.2 Å². The van der Waals surface area contributed by atoms with Gasteiger partial charge >= 0.3 is 0 Å². The lowest BCUT2D eigenvalue weighted by Gasteiger charge is -2.35. The molecule has 2 unspecified atom stereocenters. The van der Waals surface area contributed by atoms with Crippen molar-refractivity contribution in [2.45, 2.75) is 31.3 Å². The summed E-state index contributed by atoms with van der Waals surface area (Å²) in [4.78, 5) is 14.6. The van der Waals surface area contributed by atoms with Crippen LogP contribution in [0.5, 0.6) is 0 Å². The number of morpholine rings is 1. The van der Waals surface area contributed by atoms with Crippen LogP contribution in [0.1, 0.15) is 19.3 Å². The number of ether oxygens (including phenoxy) is 1. The zero-order valence-electron chi connectivity index (χ0n) is 13.0. The third-order valence-electron chi connectivity index (χ3n) is 4.34. The van der Waals surface area contributed by atoms with Crippen molar-refractivity contribution in [1.82, 2.24) is 10.6 Å². The van der Waals surface area contributed by atoms with E-state index in [-0.39, 0.29) is 18.0 Å². The van der Waals surface area contributed by atoms with Gasteiger partial charge in [0.2, 0.25) is 5.91 Å². The van der Waals surface area contributed by atoms with Crippen molar-refractivity contribution in [2.75, 3.05) is 37.7 Å². The van der Waals surface area contributed by atoms with Crippen molar-refractivity contribution in [3.05, 3.63) is 30.3 Å². The van der Waals surface area contributed by atoms with Gasteiger partial charge in [0.25, 0.3) is 0 Å². The van der Waals surface area contributed by atoms with Crippen LogP contribution in [0.4, 0.5) is 5.69 Å². The first-order valence-electron chi connectivity index (χ1n) is 8.22. The molecule has 22 heavy (non-hydrogen) atoms. The Morgan fingerprint density at radius 3 is 3.00 bits per heavy atom. The van der Waals surface area contributed by atoms with E-state index in [9.17, 15) is 4.79 Å². The molecule has 1 aromatic rings. The third-order valence-corrected chi connectivity index (χ3v) is 4.34. The number of piperidine rings is 1. The van der Waals surface area contributed by atoms with Crippen molar-refractivity contribution in [3.63, 3.8) is 0 Å². The second-order valence-corrected chi connectivity index (χ2v) is 6.12. The molecule has 2 saturated heterocycles. The average molecular weight is 303 g/mol. The summed E-state index contributed by atoms with van der Waals surface area (Å²) in [5.41, 5.74) is 1.24. The van der Waals surface area contributed by atoms with E-state index in [1.165, 1.54) is 5.69 Å². The molecular weight excluding hydrogens is 278 g/mol. The first-order valence-corrected chi connectivity index (χ1v) is 8.22. The fourth-order valence-electron chi connectivity index (χ4n) is 3.23. The number of anilines is 1. The zero-order valence-corrected chi connectivity index (χ0v) is 13.0. The Bertz CT molecular complexity index is 474. The molecule has 1 aromatic carbocycles. The molecule has 2 N–H and O–H groups in total. The number of para-hydroxylation sites is 1. The minimum Gasteiger partial charge on any atom is -0.378 e. The summed E-state index contributed by atoms with van der Waals surface area (Å²) >= 11 is 0. The van der Waals surface area contributed by atoms with Gasteiger partial charge in [0.15, 0.2) is 0 Å². The highest BCUT2D eigenvalue weighted by atomic mass is 16.5. The summed E-state index contributed by atoms with van der Waals surface area (Å²) < 4.78 is 5.40. The highest BCUT2D eigenvalue weighted by molar-refractivity contribution is 5.77. The van der Waals surface area contributed by atoms with Crippen LogP contribution in [0.3, 0.4) is 0 Å². The first-order chi connectivity index (χ1) is 10.8. The third kappa shape index (κ3) is 4.21. The Balaban J connectivity index is 1.48. The number of hydrogen-bond donors (Lipinski definition) is 2. The number of hydrogen-bond acceptors (Lipinski definition) is 4. The van der Waals surface area contributed by atoms with Crippen molar-refractivity contribution in [1.29, 1.82) is 0 Å². The van der Waals surface area contributed by atoms with E-state index >= 15 is 0 Å². The molecule has 0 bridgehead atoms. The SMILES string of the molecule is O=C(CC1COCCN1)NC1CCCN(c2ccccc2)C1. The first kappa shape index (κ1) is 15.3. The molecule has 0 aliphatic carbocycles. The van der Waals surface area contributed by atoms with Crippen LogP contribution in [0.15, 0.2) is 30.3 Å². The molecule has 0 radical (unpaired) electrons. The number of rotatable bonds is 4. The van der Waals surface area contributed by atoms with E-state index in [1.54, 1.807) is 0 Å². The predicted molar refractivity (Wildman–Crippen MR) is 87.0 cm³/mol. The van der Waals surface area contributed by atoms with Gasteiger partial charge in [-0.25, -0.2) is 0 Å². The molecule has 3 rings (SSSR count). The number of nitrogens with one attached hydrogen (secondary N) is 2. The Kier molecular flexibility index (Phi) is 5.29. The van der Waals surface area contributed by atoms with E-state index < -0.39 is 0 Å². The lowest BCUT2D eigenvalue weighted by Crippen LogP contribution is -2.50. The van der Waals surface area contributed by atoms with E-state index in [1.807, 2.05) is 6.07 Å². The van der Waals surface area contributed by atoms with Crippen molar-refractivity contribution < 1.29 is 9.53 Å². The standard InChI is InChI=1S/C17H25N3O2/c21-17(11-15-13-22-10-8-18-15)19-14-5-4-9-20(12-14)16-6-2-1-3-7-16/h1-3,6-7,14-15,18H,4-5,8-13H2,(H,19,21). The summed E-state index contributed by atoms with van der Waals surface area (Å²) in [5, 5.41) is 6.52. The number of benzene rings is 1. The summed E-state index contributed by atoms with van der Waals surface area (Å²) in [7, 11) is 0. The molecule has 0 spiro atoms. The number of carbonyl (C=O) groups excluding carboxylic acids is 1. The molecule has 2 atom stereocenters. The largest absolute Gasteiger partial charge is 0.378 e. The highest BCUT2D eigenvalue weighted by Crippen LogP contribution is 2.19. The van der Waals surface area contributed by atoms with Gasteiger partial charge in [-0.3, -0.25) is 4.79 Å². The molecule has 2 heterocycles. The second-order valence-electron chi connectivity index (χ2n) is 6.12. The van der Waals surface area contributed by atoms with Crippen molar-refractivity contribution in [2.24, 2.45) is 0 Å². The van der Waals surface area contributed by atoms with Crippen LogP contribution in [-0.2, 0) is 9.53 Å². The quantitative estimate of drug-likeness (QED) is 0.876. The molecule has 120 valence electrons. The van der Waals surface area contributed by atoms with Gasteiger partial charge in [-0.05, 0) is 25.0 Å². The molecule has 5 heteroatoms. The predicted octanol–water partition coefficient (Wildman–Crippen LogP) is 1.15. The topological polar surface area (TPSA) is 53.6 Å². The maximum atomic E-state index is 12.2. The zero-order chi connectivity index (χ0) is 15.2. The fraction of sp³-hybridized carbons (Fsp3) is 0.588. The Hall–Kier alpha value is -1.59. The van der Waals surface area contributed by atoms with E-state index in [4.69, 9.17) is 4.74 Å². The van der Waals surface area contributed by atoms with Gasteiger partial charge < -0.3 is 20.3 Å². The second kappa shape index (κ2) is 7.61. The summed E-state index contributed by atoms with van der Waals surface area (Å²) in [6.07, 6.45) is 2.68. The fourth-order valence-corrected chi connectivity index (χ4v) is 3.23. The Labute approximate surface area is 132 Å². The van der Waals surface area contributed by atoms with E-state index in [2.05, 4.69) is 39.8 Å². The van der Waals surface area contributed by atoms with E-state index in [0.717, 1.165) is 39.1 Å². The minimum atomic E-state index is 0.128. The maximum Gasteiger partial charge on any atom is 0.221 e. The molecule has 1 amide bonds. The summed E-state index contributed by atoms with van der Waals surface area (Å²) in [6.45, 7) is 4.17. The lowest BCUT2D eigenvalue weighted by molar-refractivity contribution is -0.123. The minimum absolute atomic E-state index is 0.128. The molecular formula is C17H25N3O2. The lowest BCUT2D eigenvalue weighted by atomic mass is 10.0. The summed E-state index contributed by atoms with van der Waals surface area (Å²) in [6, 6.07) is 10.8. The van der Waals surface area contributed by atoms with Gasteiger partial charge in [0.1, 0.15) is 0 Å². The summed E-state index contributed by atoms with van der Waals surface area (Å²) in [5.74, 6) is 0.128. The van der Waals surface area contributed by atoms with Crippen LogP contribution in [0, 0.1) is 0 Å². The normalized spacial score (nSPS) is 25.7. The van der Waals surface area contributed by atoms with E-state index in [0.29, 0.717) is 13.0 Å². The van der Waals surface area contributed by atoms with Gasteiger partial charge in [-0.15, -0.1) is 0 Å². The molecule has 0 saturated carbocycles. The molecule has 2 aliphatic heterocycles. The molecule has 0 aromatic heterocycles. The monoisotopic (exact) mass is 303 g/mol. The van der Waals surface area contributed by atoms with Gasteiger partial charge in [-0.2, -0.15) is 0 Å². The Morgan fingerprint density at radius 2 is 2.23 bits per heavy atom. The van der Waals surface area contributed by atoms with Crippen LogP contribution in [0.25, 0.3) is 0 Å². The number of carbonyl (C=O) groups is 1. The van der Waals surface area contributed by atoms with Gasteiger partial charge in [0, 0.05) is 43.8 Å². The van der Waals surface area contributed by atoms with Gasteiger partial charge in [-0.1, -0.05) is 18.2 Å². The molecule has 2 fully saturated rings. The van der Waals surface area contributed by atoms with Crippen molar-refractivity contribution in [3.8, 4) is 0 Å². The highest BCUT2D eigenvalue weighted by Gasteiger charge is 2.23. The van der Waals surface area contributed by atoms with Crippen molar-refractivity contribution >= 4 is 11.6 Å². The molecule has 5 nitrogen and oxygen atoms in total. The van der Waals surface area contributed by atoms with Crippen LogP contribution in [-0.4, -0.2) is 50.8 Å².